The van der Waals surface area contributed by atoms with Crippen molar-refractivity contribution < 1.29 is 0 Å². The zero-order valence-electron chi connectivity index (χ0n) is 12.2. The fourth-order valence-electron chi connectivity index (χ4n) is 2.58. The average Bonchev–Trinajstić information content (AvgIpc) is 2.27. The van der Waals surface area contributed by atoms with Gasteiger partial charge in [-0.05, 0) is 28.0 Å². The second-order valence-electron chi connectivity index (χ2n) is 6.71. The van der Waals surface area contributed by atoms with Gasteiger partial charge in [-0.15, -0.1) is 0 Å². The first-order valence-electron chi connectivity index (χ1n) is 6.81. The molecule has 0 fully saturated rings. The van der Waals surface area contributed by atoms with Crippen molar-refractivity contribution in [2.45, 2.75) is 57.1 Å². The zero-order valence-corrected chi connectivity index (χ0v) is 13.0. The van der Waals surface area contributed by atoms with Gasteiger partial charge >= 0.3 is 0 Å². The van der Waals surface area contributed by atoms with Crippen molar-refractivity contribution in [1.29, 1.82) is 0 Å². The van der Waals surface area contributed by atoms with Crippen LogP contribution in [0.3, 0.4) is 0 Å². The maximum Gasteiger partial charge on any atom is 0.0421 e. The first-order valence-corrected chi connectivity index (χ1v) is 7.86. The van der Waals surface area contributed by atoms with Crippen LogP contribution in [-0.4, -0.2) is 5.25 Å². The Morgan fingerprint density at radius 1 is 1.28 bits per heavy atom. The fraction of sp³-hybridized carbons (Fsp3) is 0.625. The van der Waals surface area contributed by atoms with E-state index in [9.17, 15) is 0 Å². The van der Waals surface area contributed by atoms with Crippen molar-refractivity contribution in [2.24, 2.45) is 11.7 Å². The maximum absolute atomic E-state index is 6.48. The number of fused-ring (bicyclic) bond motifs is 1. The Kier molecular flexibility index (Phi) is 3.80. The van der Waals surface area contributed by atoms with Crippen LogP contribution in [0.25, 0.3) is 0 Å². The zero-order chi connectivity index (χ0) is 13.5. The summed E-state index contributed by atoms with van der Waals surface area (Å²) in [5, 5.41) is 0.549. The summed E-state index contributed by atoms with van der Waals surface area (Å²) in [5.41, 5.74) is 10.9. The van der Waals surface area contributed by atoms with E-state index in [1.165, 1.54) is 16.7 Å². The third-order valence-corrected chi connectivity index (χ3v) is 5.51. The van der Waals surface area contributed by atoms with Gasteiger partial charge in [0.25, 0.3) is 0 Å². The van der Waals surface area contributed by atoms with Gasteiger partial charge in [0.1, 0.15) is 0 Å². The summed E-state index contributed by atoms with van der Waals surface area (Å²) in [6, 6.07) is 7.07. The van der Waals surface area contributed by atoms with Gasteiger partial charge in [0.2, 0.25) is 0 Å². The predicted octanol–water partition coefficient (Wildman–Crippen LogP) is 4.26. The average molecular weight is 263 g/mol. The Bertz CT molecular complexity index is 431. The van der Waals surface area contributed by atoms with Gasteiger partial charge in [0, 0.05) is 17.0 Å². The minimum Gasteiger partial charge on any atom is -0.323 e. The third kappa shape index (κ3) is 2.60. The largest absolute Gasteiger partial charge is 0.323 e. The molecule has 2 N–H and O–H groups in total. The van der Waals surface area contributed by atoms with E-state index in [0.29, 0.717) is 11.2 Å². The number of hydrogen-bond acceptors (Lipinski definition) is 2. The Balaban J connectivity index is 2.40. The van der Waals surface area contributed by atoms with E-state index in [0.717, 1.165) is 5.75 Å². The van der Waals surface area contributed by atoms with E-state index in [-0.39, 0.29) is 11.5 Å². The molecular formula is C16H25NS. The Morgan fingerprint density at radius 2 is 1.94 bits per heavy atom. The van der Waals surface area contributed by atoms with Crippen LogP contribution in [0.4, 0.5) is 0 Å². The Morgan fingerprint density at radius 3 is 2.50 bits per heavy atom. The van der Waals surface area contributed by atoms with E-state index in [1.54, 1.807) is 0 Å². The first kappa shape index (κ1) is 14.0. The van der Waals surface area contributed by atoms with Gasteiger partial charge in [0.15, 0.2) is 0 Å². The van der Waals surface area contributed by atoms with Crippen LogP contribution < -0.4 is 5.73 Å². The molecule has 0 spiro atoms. The number of thioether (sulfide) groups is 1. The topological polar surface area (TPSA) is 26.0 Å². The highest BCUT2D eigenvalue weighted by atomic mass is 32.2. The van der Waals surface area contributed by atoms with Crippen molar-refractivity contribution in [3.63, 3.8) is 0 Å². The standard InChI is InChI=1S/C16H25NS/c1-10(2)15-14(17)13-8-12(16(3,4)5)7-6-11(13)9-18-15/h6-8,10,14-15H,9,17H2,1-5H3. The van der Waals surface area contributed by atoms with Crippen molar-refractivity contribution in [3.8, 4) is 0 Å². The van der Waals surface area contributed by atoms with Gasteiger partial charge in [-0.25, -0.2) is 0 Å². The number of benzene rings is 1. The molecule has 0 bridgehead atoms. The molecule has 0 aromatic heterocycles. The number of hydrogen-bond donors (Lipinski definition) is 1. The lowest BCUT2D eigenvalue weighted by atomic mass is 9.83. The highest BCUT2D eigenvalue weighted by Gasteiger charge is 2.30. The van der Waals surface area contributed by atoms with Crippen LogP contribution in [0.2, 0.25) is 0 Å². The van der Waals surface area contributed by atoms with E-state index in [4.69, 9.17) is 5.73 Å². The molecule has 1 heterocycles. The second-order valence-corrected chi connectivity index (χ2v) is 7.88. The molecule has 0 radical (unpaired) electrons. The van der Waals surface area contributed by atoms with Gasteiger partial charge < -0.3 is 5.73 Å². The van der Waals surface area contributed by atoms with Crippen LogP contribution in [0.1, 0.15) is 57.4 Å². The first-order chi connectivity index (χ1) is 8.30. The van der Waals surface area contributed by atoms with Gasteiger partial charge in [-0.1, -0.05) is 52.8 Å². The summed E-state index contributed by atoms with van der Waals surface area (Å²) in [7, 11) is 0. The lowest BCUT2D eigenvalue weighted by Crippen LogP contribution is -2.32. The van der Waals surface area contributed by atoms with E-state index in [2.05, 4.69) is 52.8 Å². The molecule has 0 saturated carbocycles. The number of rotatable bonds is 1. The highest BCUT2D eigenvalue weighted by Crippen LogP contribution is 2.41. The van der Waals surface area contributed by atoms with Crippen molar-refractivity contribution in [3.05, 3.63) is 34.9 Å². The van der Waals surface area contributed by atoms with E-state index in [1.807, 2.05) is 11.8 Å². The Hall–Kier alpha value is -0.470. The van der Waals surface area contributed by atoms with Crippen molar-refractivity contribution in [2.75, 3.05) is 0 Å². The summed E-state index contributed by atoms with van der Waals surface area (Å²) in [4.78, 5) is 0. The lowest BCUT2D eigenvalue weighted by Gasteiger charge is -2.34. The SMILES string of the molecule is CC(C)C1SCc2ccc(C(C)(C)C)cc2C1N. The monoisotopic (exact) mass is 263 g/mol. The summed E-state index contributed by atoms with van der Waals surface area (Å²) in [6.07, 6.45) is 0. The molecule has 1 aliphatic heterocycles. The van der Waals surface area contributed by atoms with E-state index >= 15 is 0 Å². The van der Waals surface area contributed by atoms with E-state index < -0.39 is 0 Å². The molecule has 2 unspecified atom stereocenters. The summed E-state index contributed by atoms with van der Waals surface area (Å²) in [6.45, 7) is 11.3. The van der Waals surface area contributed by atoms with Gasteiger partial charge in [-0.3, -0.25) is 0 Å². The molecule has 1 aromatic carbocycles. The molecule has 0 saturated heterocycles. The molecule has 1 aromatic rings. The molecule has 2 heteroatoms. The van der Waals surface area contributed by atoms with Crippen molar-refractivity contribution >= 4 is 11.8 Å². The van der Waals surface area contributed by atoms with Crippen LogP contribution in [-0.2, 0) is 11.2 Å². The van der Waals surface area contributed by atoms with Crippen LogP contribution >= 0.6 is 11.8 Å². The fourth-order valence-corrected chi connectivity index (χ4v) is 3.95. The van der Waals surface area contributed by atoms with Gasteiger partial charge in [-0.2, -0.15) is 11.8 Å². The molecule has 1 nitrogen and oxygen atoms in total. The molecular weight excluding hydrogens is 238 g/mol. The minimum absolute atomic E-state index is 0.182. The quantitative estimate of drug-likeness (QED) is 0.819. The van der Waals surface area contributed by atoms with Crippen LogP contribution in [0.15, 0.2) is 18.2 Å². The highest BCUT2D eigenvalue weighted by molar-refractivity contribution is 7.99. The summed E-state index contributed by atoms with van der Waals surface area (Å²) >= 11 is 2.01. The minimum atomic E-state index is 0.182. The number of nitrogens with two attached hydrogens (primary N) is 1. The Labute approximate surface area is 116 Å². The molecule has 2 rings (SSSR count). The second kappa shape index (κ2) is 4.90. The molecule has 1 aliphatic rings. The predicted molar refractivity (Wildman–Crippen MR) is 82.0 cm³/mol. The third-order valence-electron chi connectivity index (χ3n) is 3.81. The molecule has 100 valence electrons. The normalized spacial score (nSPS) is 24.2. The lowest BCUT2D eigenvalue weighted by molar-refractivity contribution is 0.518. The molecule has 0 aliphatic carbocycles. The smallest absolute Gasteiger partial charge is 0.0421 e. The summed E-state index contributed by atoms with van der Waals surface area (Å²) in [5.74, 6) is 1.74. The van der Waals surface area contributed by atoms with Crippen LogP contribution in [0.5, 0.6) is 0 Å². The van der Waals surface area contributed by atoms with Crippen molar-refractivity contribution in [1.82, 2.24) is 0 Å². The maximum atomic E-state index is 6.48. The molecule has 18 heavy (non-hydrogen) atoms. The molecule has 2 atom stereocenters. The van der Waals surface area contributed by atoms with Gasteiger partial charge in [0.05, 0.1) is 0 Å². The van der Waals surface area contributed by atoms with Crippen LogP contribution in [0, 0.1) is 5.92 Å². The summed E-state index contributed by atoms with van der Waals surface area (Å²) < 4.78 is 0. The molecule has 0 amide bonds.